The van der Waals surface area contributed by atoms with Crippen molar-refractivity contribution in [3.8, 4) is 11.4 Å². The SMILES string of the molecule is CNCc1cnc(-c2ccc(F)cc2C)nc1. The van der Waals surface area contributed by atoms with Gasteiger partial charge in [-0.3, -0.25) is 0 Å². The van der Waals surface area contributed by atoms with E-state index in [1.165, 1.54) is 12.1 Å². The molecule has 0 aliphatic rings. The first kappa shape index (κ1) is 11.7. The first-order chi connectivity index (χ1) is 8.20. The van der Waals surface area contributed by atoms with Crippen molar-refractivity contribution in [2.75, 3.05) is 7.05 Å². The van der Waals surface area contributed by atoms with Crippen molar-refractivity contribution >= 4 is 0 Å². The van der Waals surface area contributed by atoms with Gasteiger partial charge in [-0.15, -0.1) is 0 Å². The summed E-state index contributed by atoms with van der Waals surface area (Å²) in [6.07, 6.45) is 3.56. The first-order valence-corrected chi connectivity index (χ1v) is 5.43. The maximum absolute atomic E-state index is 13.0. The minimum absolute atomic E-state index is 0.238. The molecule has 1 aromatic carbocycles. The highest BCUT2D eigenvalue weighted by molar-refractivity contribution is 5.59. The fraction of sp³-hybridized carbons (Fsp3) is 0.231. The molecule has 17 heavy (non-hydrogen) atoms. The van der Waals surface area contributed by atoms with Crippen LogP contribution in [0.25, 0.3) is 11.4 Å². The number of hydrogen-bond acceptors (Lipinski definition) is 3. The molecule has 0 radical (unpaired) electrons. The van der Waals surface area contributed by atoms with Gasteiger partial charge in [-0.1, -0.05) is 0 Å². The van der Waals surface area contributed by atoms with Gasteiger partial charge >= 0.3 is 0 Å². The molecule has 1 heterocycles. The molecule has 0 fully saturated rings. The zero-order chi connectivity index (χ0) is 12.3. The Kier molecular flexibility index (Phi) is 3.44. The molecule has 2 rings (SSSR count). The van der Waals surface area contributed by atoms with E-state index in [1.807, 2.05) is 14.0 Å². The smallest absolute Gasteiger partial charge is 0.159 e. The van der Waals surface area contributed by atoms with Gasteiger partial charge in [0, 0.05) is 30.1 Å². The summed E-state index contributed by atoms with van der Waals surface area (Å²) >= 11 is 0. The topological polar surface area (TPSA) is 37.8 Å². The second-order valence-electron chi connectivity index (χ2n) is 3.90. The van der Waals surface area contributed by atoms with Crippen LogP contribution in [0, 0.1) is 12.7 Å². The molecule has 1 N–H and O–H groups in total. The van der Waals surface area contributed by atoms with Crippen LogP contribution in [-0.2, 0) is 6.54 Å². The second kappa shape index (κ2) is 5.01. The van der Waals surface area contributed by atoms with E-state index >= 15 is 0 Å². The van der Waals surface area contributed by atoms with Crippen LogP contribution in [0.15, 0.2) is 30.6 Å². The number of nitrogens with zero attached hydrogens (tertiary/aromatic N) is 2. The molecule has 0 bridgehead atoms. The molecule has 4 heteroatoms. The molecule has 88 valence electrons. The Bertz CT molecular complexity index is 509. The zero-order valence-electron chi connectivity index (χ0n) is 9.87. The van der Waals surface area contributed by atoms with Crippen molar-refractivity contribution < 1.29 is 4.39 Å². The van der Waals surface area contributed by atoms with Crippen LogP contribution >= 0.6 is 0 Å². The number of benzene rings is 1. The Morgan fingerprint density at radius 3 is 2.53 bits per heavy atom. The molecular formula is C13H14FN3. The quantitative estimate of drug-likeness (QED) is 0.880. The molecule has 0 amide bonds. The highest BCUT2D eigenvalue weighted by Gasteiger charge is 2.05. The number of aromatic nitrogens is 2. The number of aryl methyl sites for hydroxylation is 1. The molecule has 0 aliphatic carbocycles. The number of halogens is 1. The predicted molar refractivity (Wildman–Crippen MR) is 64.9 cm³/mol. The Hall–Kier alpha value is -1.81. The maximum atomic E-state index is 13.0. The van der Waals surface area contributed by atoms with E-state index in [1.54, 1.807) is 18.5 Å². The normalized spacial score (nSPS) is 10.5. The van der Waals surface area contributed by atoms with Crippen LogP contribution in [0.3, 0.4) is 0 Å². The molecule has 0 atom stereocenters. The van der Waals surface area contributed by atoms with Crippen molar-refractivity contribution in [2.24, 2.45) is 0 Å². The lowest BCUT2D eigenvalue weighted by Gasteiger charge is -2.05. The third-order valence-electron chi connectivity index (χ3n) is 2.52. The van der Waals surface area contributed by atoms with E-state index in [-0.39, 0.29) is 5.82 Å². The summed E-state index contributed by atoms with van der Waals surface area (Å²) in [6, 6.07) is 4.62. The lowest BCUT2D eigenvalue weighted by atomic mass is 10.1. The van der Waals surface area contributed by atoms with Crippen LogP contribution in [0.5, 0.6) is 0 Å². The average molecular weight is 231 g/mol. The largest absolute Gasteiger partial charge is 0.316 e. The number of nitrogens with one attached hydrogen (secondary N) is 1. The Morgan fingerprint density at radius 2 is 1.94 bits per heavy atom. The van der Waals surface area contributed by atoms with Crippen molar-refractivity contribution in [2.45, 2.75) is 13.5 Å². The van der Waals surface area contributed by atoms with Gasteiger partial charge in [-0.2, -0.15) is 0 Å². The van der Waals surface area contributed by atoms with Crippen molar-refractivity contribution in [1.82, 2.24) is 15.3 Å². The molecule has 0 unspecified atom stereocenters. The van der Waals surface area contributed by atoms with Gasteiger partial charge in [0.2, 0.25) is 0 Å². The molecule has 3 nitrogen and oxygen atoms in total. The van der Waals surface area contributed by atoms with Crippen molar-refractivity contribution in [3.63, 3.8) is 0 Å². The lowest BCUT2D eigenvalue weighted by molar-refractivity contribution is 0.627. The summed E-state index contributed by atoms with van der Waals surface area (Å²) in [5.74, 6) is 0.389. The Labute approximate surface area is 99.7 Å². The lowest BCUT2D eigenvalue weighted by Crippen LogP contribution is -2.06. The molecular weight excluding hydrogens is 217 g/mol. The highest BCUT2D eigenvalue weighted by atomic mass is 19.1. The minimum atomic E-state index is -0.238. The average Bonchev–Trinajstić information content (AvgIpc) is 2.31. The van der Waals surface area contributed by atoms with Crippen LogP contribution in [0.4, 0.5) is 4.39 Å². The van der Waals surface area contributed by atoms with Gasteiger partial charge in [-0.25, -0.2) is 14.4 Å². The fourth-order valence-electron chi connectivity index (χ4n) is 1.67. The van der Waals surface area contributed by atoms with Crippen molar-refractivity contribution in [1.29, 1.82) is 0 Å². The van der Waals surface area contributed by atoms with Gasteiger partial charge in [0.25, 0.3) is 0 Å². The van der Waals surface area contributed by atoms with Gasteiger partial charge in [0.05, 0.1) is 0 Å². The van der Waals surface area contributed by atoms with Gasteiger partial charge in [0.15, 0.2) is 5.82 Å². The summed E-state index contributed by atoms with van der Waals surface area (Å²) in [6.45, 7) is 2.59. The molecule has 0 aliphatic heterocycles. The van der Waals surface area contributed by atoms with E-state index in [0.29, 0.717) is 5.82 Å². The van der Waals surface area contributed by atoms with Gasteiger partial charge in [-0.05, 0) is 37.7 Å². The number of rotatable bonds is 3. The van der Waals surface area contributed by atoms with E-state index in [2.05, 4.69) is 15.3 Å². The zero-order valence-corrected chi connectivity index (χ0v) is 9.87. The van der Waals surface area contributed by atoms with Gasteiger partial charge < -0.3 is 5.32 Å². The molecule has 1 aromatic heterocycles. The molecule has 2 aromatic rings. The van der Waals surface area contributed by atoms with Gasteiger partial charge in [0.1, 0.15) is 5.82 Å². The number of hydrogen-bond donors (Lipinski definition) is 1. The maximum Gasteiger partial charge on any atom is 0.159 e. The van der Waals surface area contributed by atoms with Crippen LogP contribution in [0.2, 0.25) is 0 Å². The summed E-state index contributed by atoms with van der Waals surface area (Å²) < 4.78 is 13.0. The standard InChI is InChI=1S/C13H14FN3/c1-9-5-11(14)3-4-12(9)13-16-7-10(6-15-2)8-17-13/h3-5,7-8,15H,6H2,1-2H3. The highest BCUT2D eigenvalue weighted by Crippen LogP contribution is 2.20. The van der Waals surface area contributed by atoms with E-state index < -0.39 is 0 Å². The Morgan fingerprint density at radius 1 is 1.24 bits per heavy atom. The predicted octanol–water partition coefficient (Wildman–Crippen LogP) is 2.31. The molecule has 0 saturated heterocycles. The summed E-state index contributed by atoms with van der Waals surface area (Å²) in [5.41, 5.74) is 2.73. The third-order valence-corrected chi connectivity index (χ3v) is 2.52. The monoisotopic (exact) mass is 231 g/mol. The second-order valence-corrected chi connectivity index (χ2v) is 3.90. The van der Waals surface area contributed by atoms with Crippen LogP contribution < -0.4 is 5.32 Å². The first-order valence-electron chi connectivity index (χ1n) is 5.43. The minimum Gasteiger partial charge on any atom is -0.316 e. The van der Waals surface area contributed by atoms with Crippen LogP contribution in [0.1, 0.15) is 11.1 Å². The van der Waals surface area contributed by atoms with E-state index in [9.17, 15) is 4.39 Å². The molecule has 0 spiro atoms. The Balaban J connectivity index is 2.33. The third kappa shape index (κ3) is 2.65. The fourth-order valence-corrected chi connectivity index (χ4v) is 1.67. The van der Waals surface area contributed by atoms with Crippen LogP contribution in [-0.4, -0.2) is 17.0 Å². The molecule has 0 saturated carbocycles. The summed E-state index contributed by atoms with van der Waals surface area (Å²) in [5, 5.41) is 3.03. The van der Waals surface area contributed by atoms with E-state index in [0.717, 1.165) is 23.2 Å². The summed E-state index contributed by atoms with van der Waals surface area (Å²) in [4.78, 5) is 8.57. The van der Waals surface area contributed by atoms with E-state index in [4.69, 9.17) is 0 Å². The van der Waals surface area contributed by atoms with Crippen molar-refractivity contribution in [3.05, 3.63) is 47.5 Å². The summed E-state index contributed by atoms with van der Waals surface area (Å²) in [7, 11) is 1.87.